The topological polar surface area (TPSA) is 131 Å². The zero-order chi connectivity index (χ0) is 25.6. The molecule has 9 heteroatoms. The van der Waals surface area contributed by atoms with Crippen LogP contribution in [0.2, 0.25) is 0 Å². The van der Waals surface area contributed by atoms with Gasteiger partial charge in [-0.25, -0.2) is 17.9 Å². The molecule has 0 aliphatic rings. The Hall–Kier alpha value is -2.62. The Bertz CT molecular complexity index is 1030. The van der Waals surface area contributed by atoms with E-state index in [9.17, 15) is 18.3 Å². The molecule has 5 N–H and O–H groups in total. The van der Waals surface area contributed by atoms with Crippen molar-refractivity contribution in [1.82, 2.24) is 10.0 Å². The summed E-state index contributed by atoms with van der Waals surface area (Å²) in [5.74, 6) is 0.0361. The molecule has 1 amide bonds. The molecular formula is C25H37N3O5S. The summed E-state index contributed by atoms with van der Waals surface area (Å²) in [5, 5.41) is 13.9. The van der Waals surface area contributed by atoms with E-state index in [0.717, 1.165) is 5.56 Å². The van der Waals surface area contributed by atoms with Gasteiger partial charge in [0.1, 0.15) is 5.60 Å². The summed E-state index contributed by atoms with van der Waals surface area (Å²) in [6.07, 6.45) is -1.39. The largest absolute Gasteiger partial charge is 0.444 e. The maximum Gasteiger partial charge on any atom is 0.407 e. The number of nitrogens with two attached hydrogens (primary N) is 1. The van der Waals surface area contributed by atoms with Crippen molar-refractivity contribution in [2.45, 2.75) is 69.6 Å². The van der Waals surface area contributed by atoms with Gasteiger partial charge in [-0.05, 0) is 69.4 Å². The summed E-state index contributed by atoms with van der Waals surface area (Å²) in [6, 6.07) is 15.2. The molecule has 2 aromatic carbocycles. The first-order valence-corrected chi connectivity index (χ1v) is 12.8. The first-order chi connectivity index (χ1) is 15.7. The van der Waals surface area contributed by atoms with Gasteiger partial charge in [0.15, 0.2) is 0 Å². The number of alkyl carbamates (subject to hydrolysis) is 1. The Morgan fingerprint density at radius 1 is 1.06 bits per heavy atom. The second-order valence-corrected chi connectivity index (χ2v) is 11.7. The minimum atomic E-state index is -4.02. The summed E-state index contributed by atoms with van der Waals surface area (Å²) in [4.78, 5) is 12.3. The van der Waals surface area contributed by atoms with E-state index < -0.39 is 33.4 Å². The van der Waals surface area contributed by atoms with Crippen LogP contribution >= 0.6 is 0 Å². The Morgan fingerprint density at radius 3 is 2.18 bits per heavy atom. The number of aliphatic hydroxyl groups excluding tert-OH is 1. The zero-order valence-electron chi connectivity index (χ0n) is 20.5. The van der Waals surface area contributed by atoms with Crippen molar-refractivity contribution in [3.63, 3.8) is 0 Å². The number of carbonyl (C=O) groups is 1. The number of sulfonamides is 1. The van der Waals surface area contributed by atoms with Crippen molar-refractivity contribution in [3.8, 4) is 0 Å². The van der Waals surface area contributed by atoms with E-state index in [4.69, 9.17) is 10.5 Å². The van der Waals surface area contributed by atoms with E-state index in [-0.39, 0.29) is 23.8 Å². The summed E-state index contributed by atoms with van der Waals surface area (Å²) in [5.41, 5.74) is 5.00. The predicted octanol–water partition coefficient (Wildman–Crippen LogP) is 3.46. The molecule has 0 aliphatic carbocycles. The molecule has 0 bridgehead atoms. The second-order valence-electron chi connectivity index (χ2n) is 9.99. The average Bonchev–Trinajstić information content (AvgIpc) is 2.71. The first-order valence-electron chi connectivity index (χ1n) is 11.3. The molecule has 2 aromatic rings. The van der Waals surface area contributed by atoms with Crippen molar-refractivity contribution in [2.24, 2.45) is 5.92 Å². The summed E-state index contributed by atoms with van der Waals surface area (Å²) in [6.45, 7) is 8.92. The van der Waals surface area contributed by atoms with E-state index in [1.165, 1.54) is 24.3 Å². The molecule has 0 radical (unpaired) electrons. The van der Waals surface area contributed by atoms with Gasteiger partial charge in [0, 0.05) is 12.2 Å². The van der Waals surface area contributed by atoms with E-state index in [2.05, 4.69) is 10.0 Å². The molecule has 0 heterocycles. The Labute approximate surface area is 203 Å². The molecule has 188 valence electrons. The van der Waals surface area contributed by atoms with Gasteiger partial charge in [-0.15, -0.1) is 0 Å². The van der Waals surface area contributed by atoms with Crippen molar-refractivity contribution in [1.29, 1.82) is 0 Å². The number of hydrogen-bond acceptors (Lipinski definition) is 6. The number of hydrogen-bond donors (Lipinski definition) is 4. The molecule has 2 unspecified atom stereocenters. The van der Waals surface area contributed by atoms with Gasteiger partial charge in [-0.3, -0.25) is 0 Å². The number of nitrogens with one attached hydrogen (secondary N) is 2. The normalized spacial score (nSPS) is 14.9. The molecule has 34 heavy (non-hydrogen) atoms. The summed E-state index contributed by atoms with van der Waals surface area (Å²) >= 11 is 0. The van der Waals surface area contributed by atoms with Gasteiger partial charge < -0.3 is 20.9 Å². The number of ether oxygens (including phenoxy) is 1. The maximum absolute atomic E-state index is 13.4. The molecule has 0 spiro atoms. The van der Waals surface area contributed by atoms with Crippen LogP contribution in [-0.2, 0) is 21.2 Å². The number of anilines is 1. The van der Waals surface area contributed by atoms with Gasteiger partial charge in [0.05, 0.1) is 16.5 Å². The lowest BCUT2D eigenvalue weighted by atomic mass is 9.79. The van der Waals surface area contributed by atoms with E-state index >= 15 is 0 Å². The Morgan fingerprint density at radius 2 is 1.65 bits per heavy atom. The SMILES string of the molecule is CC(C)CC(Cc1ccccc1)(NS(=O)(=O)c1ccc(N)cc1)C(O)CNC(=O)OC(C)(C)C. The third-order valence-electron chi connectivity index (χ3n) is 5.14. The minimum Gasteiger partial charge on any atom is -0.444 e. The monoisotopic (exact) mass is 491 g/mol. The molecule has 0 aliphatic heterocycles. The van der Waals surface area contributed by atoms with Crippen LogP contribution in [0.4, 0.5) is 10.5 Å². The van der Waals surface area contributed by atoms with Crippen molar-refractivity contribution < 1.29 is 23.1 Å². The maximum atomic E-state index is 13.4. The average molecular weight is 492 g/mol. The fourth-order valence-corrected chi connectivity index (χ4v) is 5.26. The fourth-order valence-electron chi connectivity index (χ4n) is 3.82. The van der Waals surface area contributed by atoms with Crippen LogP contribution in [0.1, 0.15) is 46.6 Å². The number of rotatable bonds is 10. The minimum absolute atomic E-state index is 0.0361. The van der Waals surface area contributed by atoms with Crippen molar-refractivity contribution >= 4 is 21.8 Å². The Balaban J connectivity index is 2.43. The highest BCUT2D eigenvalue weighted by Gasteiger charge is 2.42. The smallest absolute Gasteiger partial charge is 0.407 e. The molecule has 0 saturated heterocycles. The Kier molecular flexibility index (Phi) is 9.10. The molecule has 0 saturated carbocycles. The number of benzene rings is 2. The predicted molar refractivity (Wildman–Crippen MR) is 134 cm³/mol. The third-order valence-corrected chi connectivity index (χ3v) is 6.71. The van der Waals surface area contributed by atoms with Crippen LogP contribution < -0.4 is 15.8 Å². The zero-order valence-corrected chi connectivity index (χ0v) is 21.4. The quantitative estimate of drug-likeness (QED) is 0.377. The van der Waals surface area contributed by atoms with Crippen LogP contribution in [0.5, 0.6) is 0 Å². The lowest BCUT2D eigenvalue weighted by Gasteiger charge is -2.40. The van der Waals surface area contributed by atoms with Crippen LogP contribution in [0.15, 0.2) is 59.5 Å². The number of aliphatic hydroxyl groups is 1. The molecule has 8 nitrogen and oxygen atoms in total. The summed E-state index contributed by atoms with van der Waals surface area (Å²) in [7, 11) is -4.02. The lowest BCUT2D eigenvalue weighted by molar-refractivity contribution is 0.0361. The van der Waals surface area contributed by atoms with E-state index in [1.54, 1.807) is 20.8 Å². The molecule has 2 rings (SSSR count). The van der Waals surface area contributed by atoms with Crippen molar-refractivity contribution in [3.05, 3.63) is 60.2 Å². The van der Waals surface area contributed by atoms with Gasteiger partial charge in [0.2, 0.25) is 10.0 Å². The highest BCUT2D eigenvalue weighted by molar-refractivity contribution is 7.89. The molecule has 2 atom stereocenters. The van der Waals surface area contributed by atoms with E-state index in [0.29, 0.717) is 12.1 Å². The van der Waals surface area contributed by atoms with Gasteiger partial charge in [0.25, 0.3) is 0 Å². The standard InChI is InChI=1S/C25H37N3O5S/c1-18(2)15-25(16-19-9-7-6-8-10-19,22(29)17-27-23(30)33-24(3,4)5)28-34(31,32)21-13-11-20(26)12-14-21/h6-14,18,22,28-29H,15-17,26H2,1-5H3,(H,27,30). The van der Waals surface area contributed by atoms with Crippen LogP contribution in [0.25, 0.3) is 0 Å². The molecule has 0 aromatic heterocycles. The van der Waals surface area contributed by atoms with Crippen LogP contribution in [0, 0.1) is 5.92 Å². The van der Waals surface area contributed by atoms with E-state index in [1.807, 2.05) is 44.2 Å². The molecule has 0 fully saturated rings. The van der Waals surface area contributed by atoms with Crippen LogP contribution in [-0.4, -0.2) is 43.4 Å². The first kappa shape index (κ1) is 27.6. The molecular weight excluding hydrogens is 454 g/mol. The number of nitrogen functional groups attached to an aromatic ring is 1. The van der Waals surface area contributed by atoms with Gasteiger partial charge in [-0.2, -0.15) is 0 Å². The van der Waals surface area contributed by atoms with Crippen molar-refractivity contribution in [2.75, 3.05) is 12.3 Å². The van der Waals surface area contributed by atoms with Crippen LogP contribution in [0.3, 0.4) is 0 Å². The second kappa shape index (κ2) is 11.2. The number of amides is 1. The third kappa shape index (κ3) is 8.30. The number of carbonyl (C=O) groups excluding carboxylic acids is 1. The van der Waals surface area contributed by atoms with Gasteiger partial charge >= 0.3 is 6.09 Å². The lowest BCUT2D eigenvalue weighted by Crippen LogP contribution is -2.61. The summed E-state index contributed by atoms with van der Waals surface area (Å²) < 4.78 is 34.8. The fraction of sp³-hybridized carbons (Fsp3) is 0.480. The van der Waals surface area contributed by atoms with Gasteiger partial charge in [-0.1, -0.05) is 44.2 Å². The highest BCUT2D eigenvalue weighted by atomic mass is 32.2. The highest BCUT2D eigenvalue weighted by Crippen LogP contribution is 2.29.